The van der Waals surface area contributed by atoms with Crippen molar-refractivity contribution in [3.05, 3.63) is 23.2 Å². The number of nitrogens with two attached hydrogens (primary N) is 1. The average molecular weight is 236 g/mol. The van der Waals surface area contributed by atoms with Gasteiger partial charge in [0.25, 0.3) is 0 Å². The van der Waals surface area contributed by atoms with Gasteiger partial charge in [-0.05, 0) is 25.0 Å². The molecule has 1 aromatic heterocycles. The van der Waals surface area contributed by atoms with Crippen LogP contribution in [-0.4, -0.2) is 9.55 Å². The molecule has 1 heterocycles. The monoisotopic (exact) mass is 235 g/mol. The highest BCUT2D eigenvalue weighted by Crippen LogP contribution is 2.35. The number of para-hydroxylation sites is 1. The SMILES string of the molecule is Nc1nc2c(Cl)cccc2n1C1CCCC1. The van der Waals surface area contributed by atoms with Crippen molar-refractivity contribution in [3.63, 3.8) is 0 Å². The molecule has 1 fully saturated rings. The topological polar surface area (TPSA) is 43.8 Å². The van der Waals surface area contributed by atoms with Gasteiger partial charge in [-0.1, -0.05) is 30.5 Å². The van der Waals surface area contributed by atoms with E-state index >= 15 is 0 Å². The van der Waals surface area contributed by atoms with Crippen molar-refractivity contribution >= 4 is 28.6 Å². The smallest absolute Gasteiger partial charge is 0.201 e. The second kappa shape index (κ2) is 3.67. The summed E-state index contributed by atoms with van der Waals surface area (Å²) in [6.45, 7) is 0. The number of rotatable bonds is 1. The van der Waals surface area contributed by atoms with Crippen LogP contribution in [0.1, 0.15) is 31.7 Å². The van der Waals surface area contributed by atoms with Crippen molar-refractivity contribution in [1.29, 1.82) is 0 Å². The number of benzene rings is 1. The first kappa shape index (κ1) is 9.97. The fourth-order valence-electron chi connectivity index (χ4n) is 2.65. The van der Waals surface area contributed by atoms with E-state index in [0.717, 1.165) is 11.0 Å². The lowest BCUT2D eigenvalue weighted by molar-refractivity contribution is 0.539. The zero-order valence-corrected chi connectivity index (χ0v) is 9.74. The normalized spacial score (nSPS) is 17.3. The lowest BCUT2D eigenvalue weighted by Gasteiger charge is -2.13. The quantitative estimate of drug-likeness (QED) is 0.824. The van der Waals surface area contributed by atoms with Crippen molar-refractivity contribution in [3.8, 4) is 0 Å². The van der Waals surface area contributed by atoms with Crippen LogP contribution in [0.5, 0.6) is 0 Å². The molecule has 1 aliphatic carbocycles. The highest BCUT2D eigenvalue weighted by atomic mass is 35.5. The van der Waals surface area contributed by atoms with Crippen LogP contribution in [0.25, 0.3) is 11.0 Å². The second-order valence-corrected chi connectivity index (χ2v) is 4.79. The average Bonchev–Trinajstić information content (AvgIpc) is 2.85. The number of aromatic nitrogens is 2. The first-order valence-corrected chi connectivity index (χ1v) is 6.07. The maximum Gasteiger partial charge on any atom is 0.201 e. The standard InChI is InChI=1S/C12H14ClN3/c13-9-6-3-7-10-11(9)15-12(14)16(10)8-4-1-2-5-8/h3,6-8H,1-2,4-5H2,(H2,14,15). The molecule has 3 nitrogen and oxygen atoms in total. The van der Waals surface area contributed by atoms with Crippen LogP contribution in [0.4, 0.5) is 5.95 Å². The number of nitrogen functional groups attached to an aromatic ring is 1. The molecular weight excluding hydrogens is 222 g/mol. The first-order valence-electron chi connectivity index (χ1n) is 5.69. The Morgan fingerprint density at radius 3 is 2.81 bits per heavy atom. The number of imidazole rings is 1. The van der Waals surface area contributed by atoms with Gasteiger partial charge in [-0.15, -0.1) is 0 Å². The molecule has 0 spiro atoms. The molecule has 1 aromatic carbocycles. The largest absolute Gasteiger partial charge is 0.369 e. The van der Waals surface area contributed by atoms with Gasteiger partial charge >= 0.3 is 0 Å². The van der Waals surface area contributed by atoms with Crippen molar-refractivity contribution in [2.45, 2.75) is 31.7 Å². The van der Waals surface area contributed by atoms with Gasteiger partial charge in [0.15, 0.2) is 0 Å². The molecule has 0 saturated heterocycles. The van der Waals surface area contributed by atoms with Gasteiger partial charge in [0, 0.05) is 6.04 Å². The number of hydrogen-bond acceptors (Lipinski definition) is 2. The summed E-state index contributed by atoms with van der Waals surface area (Å²) in [6.07, 6.45) is 4.96. The molecule has 0 bridgehead atoms. The van der Waals surface area contributed by atoms with Crippen molar-refractivity contribution in [2.75, 3.05) is 5.73 Å². The molecule has 0 aliphatic heterocycles. The summed E-state index contributed by atoms with van der Waals surface area (Å²) in [5.74, 6) is 0.593. The molecule has 2 aromatic rings. The predicted octanol–water partition coefficient (Wildman–Crippen LogP) is 3.39. The fourth-order valence-corrected chi connectivity index (χ4v) is 2.86. The van der Waals surface area contributed by atoms with Crippen LogP contribution >= 0.6 is 11.6 Å². The number of fused-ring (bicyclic) bond motifs is 1. The summed E-state index contributed by atoms with van der Waals surface area (Å²) in [7, 11) is 0. The molecule has 3 rings (SSSR count). The summed E-state index contributed by atoms with van der Waals surface area (Å²) in [6, 6.07) is 6.36. The number of nitrogens with zero attached hydrogens (tertiary/aromatic N) is 2. The zero-order valence-electron chi connectivity index (χ0n) is 8.99. The van der Waals surface area contributed by atoms with Gasteiger partial charge in [0.05, 0.1) is 10.5 Å². The Morgan fingerprint density at radius 2 is 2.06 bits per heavy atom. The van der Waals surface area contributed by atoms with Crippen LogP contribution in [-0.2, 0) is 0 Å². The lowest BCUT2D eigenvalue weighted by atomic mass is 10.2. The first-order chi connectivity index (χ1) is 7.77. The van der Waals surface area contributed by atoms with E-state index in [9.17, 15) is 0 Å². The maximum atomic E-state index is 6.12. The molecule has 0 atom stereocenters. The molecule has 0 radical (unpaired) electrons. The van der Waals surface area contributed by atoms with Gasteiger partial charge < -0.3 is 10.3 Å². The highest BCUT2D eigenvalue weighted by Gasteiger charge is 2.21. The van der Waals surface area contributed by atoms with Crippen molar-refractivity contribution in [2.24, 2.45) is 0 Å². The molecule has 84 valence electrons. The van der Waals surface area contributed by atoms with Gasteiger partial charge in [-0.25, -0.2) is 4.98 Å². The lowest BCUT2D eigenvalue weighted by Crippen LogP contribution is -2.08. The Balaban J connectivity index is 2.22. The Labute approximate surface area is 99.2 Å². The minimum absolute atomic E-state index is 0.503. The molecule has 0 unspecified atom stereocenters. The van der Waals surface area contributed by atoms with E-state index in [-0.39, 0.29) is 0 Å². The van der Waals surface area contributed by atoms with Crippen LogP contribution in [0.2, 0.25) is 5.02 Å². The van der Waals surface area contributed by atoms with E-state index in [0.29, 0.717) is 17.0 Å². The van der Waals surface area contributed by atoms with Crippen molar-refractivity contribution < 1.29 is 0 Å². The van der Waals surface area contributed by atoms with E-state index in [4.69, 9.17) is 17.3 Å². The Kier molecular flexibility index (Phi) is 2.28. The molecule has 1 saturated carbocycles. The minimum atomic E-state index is 0.503. The summed E-state index contributed by atoms with van der Waals surface area (Å²) in [5, 5.41) is 0.681. The van der Waals surface area contributed by atoms with Gasteiger partial charge in [-0.3, -0.25) is 0 Å². The Bertz CT molecular complexity index is 526. The number of halogens is 1. The van der Waals surface area contributed by atoms with Crippen molar-refractivity contribution in [1.82, 2.24) is 9.55 Å². The molecule has 16 heavy (non-hydrogen) atoms. The molecule has 2 N–H and O–H groups in total. The predicted molar refractivity (Wildman–Crippen MR) is 66.7 cm³/mol. The van der Waals surface area contributed by atoms with Crippen LogP contribution in [0.15, 0.2) is 18.2 Å². The third-order valence-corrected chi connectivity index (χ3v) is 3.69. The zero-order chi connectivity index (χ0) is 11.1. The molecule has 0 amide bonds. The van der Waals surface area contributed by atoms with E-state index in [2.05, 4.69) is 9.55 Å². The summed E-state index contributed by atoms with van der Waals surface area (Å²) < 4.78 is 2.15. The molecular formula is C12H14ClN3. The third-order valence-electron chi connectivity index (χ3n) is 3.39. The summed E-state index contributed by atoms with van der Waals surface area (Å²) >= 11 is 6.12. The third kappa shape index (κ3) is 1.39. The number of anilines is 1. The van der Waals surface area contributed by atoms with E-state index < -0.39 is 0 Å². The fraction of sp³-hybridized carbons (Fsp3) is 0.417. The van der Waals surface area contributed by atoms with E-state index in [1.165, 1.54) is 25.7 Å². The maximum absolute atomic E-state index is 6.12. The second-order valence-electron chi connectivity index (χ2n) is 4.39. The highest BCUT2D eigenvalue weighted by molar-refractivity contribution is 6.35. The van der Waals surface area contributed by atoms with Crippen LogP contribution in [0, 0.1) is 0 Å². The molecule has 4 heteroatoms. The Morgan fingerprint density at radius 1 is 1.31 bits per heavy atom. The minimum Gasteiger partial charge on any atom is -0.369 e. The van der Waals surface area contributed by atoms with Gasteiger partial charge in [-0.2, -0.15) is 0 Å². The van der Waals surface area contributed by atoms with E-state index in [1.807, 2.05) is 18.2 Å². The summed E-state index contributed by atoms with van der Waals surface area (Å²) in [5.41, 5.74) is 7.89. The van der Waals surface area contributed by atoms with Gasteiger partial charge in [0.2, 0.25) is 5.95 Å². The number of hydrogen-bond donors (Lipinski definition) is 1. The Hall–Kier alpha value is -1.22. The van der Waals surface area contributed by atoms with Crippen LogP contribution < -0.4 is 5.73 Å². The summed E-state index contributed by atoms with van der Waals surface area (Å²) in [4.78, 5) is 4.37. The van der Waals surface area contributed by atoms with Gasteiger partial charge in [0.1, 0.15) is 5.52 Å². The van der Waals surface area contributed by atoms with E-state index in [1.54, 1.807) is 0 Å². The van der Waals surface area contributed by atoms with Crippen LogP contribution in [0.3, 0.4) is 0 Å². The molecule has 1 aliphatic rings.